The SMILES string of the molecule is CCCCCCCCCn1c(CN(C)C(=O)c2ccncc2)nc2ccccc21. The number of aryl methyl sites for hydroxylation is 1. The number of rotatable bonds is 11. The molecule has 0 saturated heterocycles. The van der Waals surface area contributed by atoms with Crippen molar-refractivity contribution < 1.29 is 4.79 Å². The van der Waals surface area contributed by atoms with E-state index in [0.717, 1.165) is 29.8 Å². The monoisotopic (exact) mass is 392 g/mol. The Hall–Kier alpha value is -2.69. The summed E-state index contributed by atoms with van der Waals surface area (Å²) in [6.45, 7) is 3.69. The maximum absolute atomic E-state index is 12.7. The Balaban J connectivity index is 1.67. The summed E-state index contributed by atoms with van der Waals surface area (Å²) in [5.74, 6) is 0.934. The smallest absolute Gasteiger partial charge is 0.254 e. The highest BCUT2D eigenvalue weighted by Gasteiger charge is 2.16. The van der Waals surface area contributed by atoms with Crippen molar-refractivity contribution in [3.63, 3.8) is 0 Å². The van der Waals surface area contributed by atoms with E-state index in [1.807, 2.05) is 19.2 Å². The number of carbonyl (C=O) groups is 1. The lowest BCUT2D eigenvalue weighted by Crippen LogP contribution is -2.27. The second-order valence-electron chi connectivity index (χ2n) is 7.69. The second-order valence-corrected chi connectivity index (χ2v) is 7.69. The molecular weight excluding hydrogens is 360 g/mol. The van der Waals surface area contributed by atoms with Crippen LogP contribution < -0.4 is 0 Å². The molecule has 1 amide bonds. The predicted molar refractivity (Wildman–Crippen MR) is 118 cm³/mol. The molecule has 3 rings (SSSR count). The van der Waals surface area contributed by atoms with E-state index < -0.39 is 0 Å². The molecule has 0 spiro atoms. The number of imidazole rings is 1. The summed E-state index contributed by atoms with van der Waals surface area (Å²) in [6.07, 6.45) is 12.3. The molecule has 0 fully saturated rings. The minimum atomic E-state index is -0.0121. The molecule has 154 valence electrons. The minimum absolute atomic E-state index is 0.0121. The predicted octanol–water partition coefficient (Wildman–Crippen LogP) is 5.45. The highest BCUT2D eigenvalue weighted by atomic mass is 16.2. The average molecular weight is 393 g/mol. The Morgan fingerprint density at radius 3 is 2.41 bits per heavy atom. The Bertz CT molecular complexity index is 904. The lowest BCUT2D eigenvalue weighted by Gasteiger charge is -2.18. The van der Waals surface area contributed by atoms with E-state index in [4.69, 9.17) is 4.98 Å². The third-order valence-electron chi connectivity index (χ3n) is 5.37. The summed E-state index contributed by atoms with van der Waals surface area (Å²) < 4.78 is 2.29. The van der Waals surface area contributed by atoms with Crippen molar-refractivity contribution in [1.29, 1.82) is 0 Å². The van der Waals surface area contributed by atoms with Gasteiger partial charge in [0.1, 0.15) is 5.82 Å². The fourth-order valence-corrected chi connectivity index (χ4v) is 3.72. The molecule has 29 heavy (non-hydrogen) atoms. The first-order valence-electron chi connectivity index (χ1n) is 10.8. The molecule has 1 aromatic carbocycles. The van der Waals surface area contributed by atoms with E-state index in [1.54, 1.807) is 29.4 Å². The molecule has 5 nitrogen and oxygen atoms in total. The van der Waals surface area contributed by atoms with Gasteiger partial charge in [0.25, 0.3) is 5.91 Å². The summed E-state index contributed by atoms with van der Waals surface area (Å²) in [5, 5.41) is 0. The number of pyridine rings is 1. The molecule has 0 aliphatic heterocycles. The fraction of sp³-hybridized carbons (Fsp3) is 0.458. The molecule has 0 aliphatic carbocycles. The first kappa shape index (κ1) is 21.0. The number of para-hydroxylation sites is 2. The number of unbranched alkanes of at least 4 members (excludes halogenated alkanes) is 6. The number of hydrogen-bond acceptors (Lipinski definition) is 3. The number of fused-ring (bicyclic) bond motifs is 1. The van der Waals surface area contributed by atoms with Crippen LogP contribution in [0.4, 0.5) is 0 Å². The first-order chi connectivity index (χ1) is 14.2. The van der Waals surface area contributed by atoms with E-state index in [0.29, 0.717) is 12.1 Å². The molecule has 0 N–H and O–H groups in total. The quantitative estimate of drug-likeness (QED) is 0.408. The summed E-state index contributed by atoms with van der Waals surface area (Å²) in [4.78, 5) is 23.3. The van der Waals surface area contributed by atoms with Gasteiger partial charge in [-0.3, -0.25) is 9.78 Å². The number of carbonyl (C=O) groups excluding carboxylic acids is 1. The first-order valence-corrected chi connectivity index (χ1v) is 10.8. The molecule has 0 bridgehead atoms. The van der Waals surface area contributed by atoms with Crippen LogP contribution in [-0.4, -0.2) is 32.4 Å². The van der Waals surface area contributed by atoms with Crippen molar-refractivity contribution in [2.45, 2.75) is 65.0 Å². The number of amides is 1. The Morgan fingerprint density at radius 2 is 1.66 bits per heavy atom. The summed E-state index contributed by atoms with van der Waals surface area (Å²) >= 11 is 0. The normalized spacial score (nSPS) is 11.1. The standard InChI is InChI=1S/C24H32N4O/c1-3-4-5-6-7-8-11-18-28-22-13-10-9-12-21(22)26-23(28)19-27(2)24(29)20-14-16-25-17-15-20/h9-10,12-17H,3-8,11,18-19H2,1-2H3. The highest BCUT2D eigenvalue weighted by molar-refractivity contribution is 5.93. The van der Waals surface area contributed by atoms with Crippen LogP contribution in [0.2, 0.25) is 0 Å². The maximum Gasteiger partial charge on any atom is 0.254 e. The van der Waals surface area contributed by atoms with E-state index in [2.05, 4.69) is 28.6 Å². The van der Waals surface area contributed by atoms with Crippen LogP contribution in [0.3, 0.4) is 0 Å². The van der Waals surface area contributed by atoms with Crippen LogP contribution >= 0.6 is 0 Å². The van der Waals surface area contributed by atoms with Crippen LogP contribution in [0.5, 0.6) is 0 Å². The van der Waals surface area contributed by atoms with Gasteiger partial charge < -0.3 is 9.47 Å². The Morgan fingerprint density at radius 1 is 0.966 bits per heavy atom. The molecule has 0 unspecified atom stereocenters. The summed E-state index contributed by atoms with van der Waals surface area (Å²) in [5.41, 5.74) is 2.80. The molecule has 0 aliphatic rings. The van der Waals surface area contributed by atoms with Gasteiger partial charge in [-0.15, -0.1) is 0 Å². The van der Waals surface area contributed by atoms with Gasteiger partial charge in [0, 0.05) is 31.5 Å². The largest absolute Gasteiger partial charge is 0.334 e. The van der Waals surface area contributed by atoms with Crippen LogP contribution in [-0.2, 0) is 13.1 Å². The van der Waals surface area contributed by atoms with Crippen LogP contribution in [0.15, 0.2) is 48.8 Å². The minimum Gasteiger partial charge on any atom is -0.334 e. The van der Waals surface area contributed by atoms with Crippen molar-refractivity contribution in [2.24, 2.45) is 0 Å². The number of benzene rings is 1. The zero-order chi connectivity index (χ0) is 20.5. The summed E-state index contributed by atoms with van der Waals surface area (Å²) in [6, 6.07) is 11.7. The van der Waals surface area contributed by atoms with Crippen LogP contribution in [0.1, 0.15) is 68.1 Å². The Kier molecular flexibility index (Phi) is 7.79. The third kappa shape index (κ3) is 5.66. The Labute approximate surface area is 173 Å². The molecule has 2 aromatic heterocycles. The summed E-state index contributed by atoms with van der Waals surface area (Å²) in [7, 11) is 1.83. The second kappa shape index (κ2) is 10.7. The zero-order valence-electron chi connectivity index (χ0n) is 17.7. The highest BCUT2D eigenvalue weighted by Crippen LogP contribution is 2.19. The van der Waals surface area contributed by atoms with Crippen LogP contribution in [0.25, 0.3) is 11.0 Å². The van der Waals surface area contributed by atoms with Gasteiger partial charge in [0.05, 0.1) is 17.6 Å². The lowest BCUT2D eigenvalue weighted by molar-refractivity contribution is 0.0780. The van der Waals surface area contributed by atoms with Crippen molar-refractivity contribution in [2.75, 3.05) is 7.05 Å². The van der Waals surface area contributed by atoms with E-state index in [9.17, 15) is 4.79 Å². The zero-order valence-corrected chi connectivity index (χ0v) is 17.7. The number of aromatic nitrogens is 3. The van der Waals surface area contributed by atoms with Crippen molar-refractivity contribution in [3.05, 3.63) is 60.2 Å². The van der Waals surface area contributed by atoms with Gasteiger partial charge in [0.2, 0.25) is 0 Å². The van der Waals surface area contributed by atoms with Gasteiger partial charge in [0.15, 0.2) is 0 Å². The fourth-order valence-electron chi connectivity index (χ4n) is 3.72. The van der Waals surface area contributed by atoms with Crippen molar-refractivity contribution in [1.82, 2.24) is 19.4 Å². The van der Waals surface area contributed by atoms with E-state index in [-0.39, 0.29) is 5.91 Å². The van der Waals surface area contributed by atoms with E-state index >= 15 is 0 Å². The topological polar surface area (TPSA) is 51.0 Å². The van der Waals surface area contributed by atoms with Crippen molar-refractivity contribution in [3.8, 4) is 0 Å². The lowest BCUT2D eigenvalue weighted by atomic mass is 10.1. The van der Waals surface area contributed by atoms with Gasteiger partial charge in [-0.1, -0.05) is 57.6 Å². The van der Waals surface area contributed by atoms with Gasteiger partial charge >= 0.3 is 0 Å². The molecule has 5 heteroatoms. The molecule has 3 aromatic rings. The van der Waals surface area contributed by atoms with Crippen molar-refractivity contribution >= 4 is 16.9 Å². The third-order valence-corrected chi connectivity index (χ3v) is 5.37. The molecule has 0 radical (unpaired) electrons. The van der Waals surface area contributed by atoms with Gasteiger partial charge in [-0.25, -0.2) is 4.98 Å². The molecule has 0 saturated carbocycles. The molecule has 2 heterocycles. The maximum atomic E-state index is 12.7. The van der Waals surface area contributed by atoms with E-state index in [1.165, 1.54) is 38.5 Å². The molecular formula is C24H32N4O. The number of hydrogen-bond donors (Lipinski definition) is 0. The van der Waals surface area contributed by atoms with Gasteiger partial charge in [-0.2, -0.15) is 0 Å². The number of nitrogens with zero attached hydrogens (tertiary/aromatic N) is 4. The average Bonchev–Trinajstić information content (AvgIpc) is 3.10. The van der Waals surface area contributed by atoms with Crippen LogP contribution in [0, 0.1) is 0 Å². The molecule has 0 atom stereocenters. The van der Waals surface area contributed by atoms with Gasteiger partial charge in [-0.05, 0) is 30.7 Å².